The number of anilines is 1. The van der Waals surface area contributed by atoms with Crippen LogP contribution >= 0.6 is 0 Å². The molecule has 23 heavy (non-hydrogen) atoms. The Morgan fingerprint density at radius 3 is 2.52 bits per heavy atom. The molecule has 0 bridgehead atoms. The molecule has 0 radical (unpaired) electrons. The normalized spacial score (nSPS) is 12.3. The number of aryl methyl sites for hydroxylation is 1. The fourth-order valence-electron chi connectivity index (χ4n) is 2.46. The summed E-state index contributed by atoms with van der Waals surface area (Å²) >= 11 is 0. The van der Waals surface area contributed by atoms with E-state index in [-0.39, 0.29) is 30.3 Å². The molecule has 0 aromatic carbocycles. The lowest BCUT2D eigenvalue weighted by molar-refractivity contribution is -0.140. The molecule has 0 spiro atoms. The van der Waals surface area contributed by atoms with Gasteiger partial charge in [0.05, 0.1) is 0 Å². The number of hydrogen-bond acceptors (Lipinski definition) is 4. The van der Waals surface area contributed by atoms with E-state index in [4.69, 9.17) is 4.52 Å². The van der Waals surface area contributed by atoms with Gasteiger partial charge in [-0.2, -0.15) is 0 Å². The molecule has 0 aliphatic carbocycles. The molecule has 1 aromatic rings. The molecule has 1 rings (SSSR count). The molecule has 0 fully saturated rings. The van der Waals surface area contributed by atoms with Crippen molar-refractivity contribution in [3.05, 3.63) is 11.8 Å². The Kier molecular flexibility index (Phi) is 7.78. The second-order valence-electron chi connectivity index (χ2n) is 6.18. The zero-order valence-electron chi connectivity index (χ0n) is 14.9. The number of amides is 2. The average molecular weight is 323 g/mol. The first kappa shape index (κ1) is 19.2. The first-order valence-electron chi connectivity index (χ1n) is 8.42. The third-order valence-electron chi connectivity index (χ3n) is 3.86. The zero-order chi connectivity index (χ0) is 17.4. The molecule has 2 amide bonds. The molecule has 0 aliphatic heterocycles. The molecule has 1 atom stereocenters. The van der Waals surface area contributed by atoms with Gasteiger partial charge in [0.2, 0.25) is 11.8 Å². The summed E-state index contributed by atoms with van der Waals surface area (Å²) in [6, 6.07) is 1.62. The van der Waals surface area contributed by atoms with E-state index in [0.29, 0.717) is 11.6 Å². The van der Waals surface area contributed by atoms with Gasteiger partial charge in [-0.3, -0.25) is 9.59 Å². The van der Waals surface area contributed by atoms with Crippen molar-refractivity contribution in [1.29, 1.82) is 0 Å². The van der Waals surface area contributed by atoms with Gasteiger partial charge in [0.25, 0.3) is 0 Å². The van der Waals surface area contributed by atoms with E-state index in [1.165, 1.54) is 0 Å². The fourth-order valence-corrected chi connectivity index (χ4v) is 2.46. The van der Waals surface area contributed by atoms with Gasteiger partial charge >= 0.3 is 0 Å². The largest absolute Gasteiger partial charge is 0.360 e. The van der Waals surface area contributed by atoms with Crippen LogP contribution in [0.1, 0.15) is 59.1 Å². The van der Waals surface area contributed by atoms with Crippen molar-refractivity contribution >= 4 is 17.6 Å². The number of nitrogens with zero attached hydrogens (tertiary/aromatic N) is 2. The number of unbranched alkanes of at least 4 members (excludes halogenated alkanes) is 1. The molecule has 130 valence electrons. The Bertz CT molecular complexity index is 511. The molecule has 0 unspecified atom stereocenters. The molecule has 0 aliphatic rings. The number of hydrogen-bond donors (Lipinski definition) is 1. The van der Waals surface area contributed by atoms with E-state index >= 15 is 0 Å². The summed E-state index contributed by atoms with van der Waals surface area (Å²) in [5.41, 5.74) is 0. The Hall–Kier alpha value is -1.85. The van der Waals surface area contributed by atoms with E-state index < -0.39 is 0 Å². The predicted octanol–water partition coefficient (Wildman–Crippen LogP) is 3.37. The summed E-state index contributed by atoms with van der Waals surface area (Å²) in [7, 11) is 0. The Morgan fingerprint density at radius 1 is 1.35 bits per heavy atom. The van der Waals surface area contributed by atoms with E-state index in [1.807, 2.05) is 20.8 Å². The number of aromatic nitrogens is 1. The number of nitrogens with one attached hydrogen (secondary N) is 1. The Balaban J connectivity index is 2.69. The van der Waals surface area contributed by atoms with Gasteiger partial charge in [0.1, 0.15) is 12.3 Å². The van der Waals surface area contributed by atoms with Crippen LogP contribution in [0.3, 0.4) is 0 Å². The highest BCUT2D eigenvalue weighted by atomic mass is 16.5. The van der Waals surface area contributed by atoms with Gasteiger partial charge in [-0.25, -0.2) is 0 Å². The molecular formula is C17H29N3O3. The van der Waals surface area contributed by atoms with Crippen LogP contribution in [-0.2, 0) is 9.59 Å². The summed E-state index contributed by atoms with van der Waals surface area (Å²) in [5, 5.41) is 6.40. The van der Waals surface area contributed by atoms with Crippen molar-refractivity contribution < 1.29 is 14.1 Å². The third kappa shape index (κ3) is 6.04. The highest BCUT2D eigenvalue weighted by Crippen LogP contribution is 2.18. The molecule has 6 nitrogen and oxygen atoms in total. The molecule has 1 heterocycles. The van der Waals surface area contributed by atoms with Crippen molar-refractivity contribution in [2.24, 2.45) is 5.92 Å². The lowest BCUT2D eigenvalue weighted by Crippen LogP contribution is -2.45. The van der Waals surface area contributed by atoms with Crippen LogP contribution in [0.2, 0.25) is 0 Å². The molecule has 0 saturated carbocycles. The first-order valence-corrected chi connectivity index (χ1v) is 8.42. The topological polar surface area (TPSA) is 75.4 Å². The predicted molar refractivity (Wildman–Crippen MR) is 90.0 cm³/mol. The fraction of sp³-hybridized carbons (Fsp3) is 0.706. The number of carbonyl (C=O) groups excluding carboxylic acids is 2. The van der Waals surface area contributed by atoms with Crippen molar-refractivity contribution in [2.45, 2.75) is 66.3 Å². The maximum absolute atomic E-state index is 12.7. The monoisotopic (exact) mass is 323 g/mol. The van der Waals surface area contributed by atoms with Gasteiger partial charge in [0, 0.05) is 18.0 Å². The molecule has 1 aromatic heterocycles. The van der Waals surface area contributed by atoms with Crippen LogP contribution in [0.25, 0.3) is 0 Å². The van der Waals surface area contributed by atoms with Crippen LogP contribution in [-0.4, -0.2) is 34.5 Å². The zero-order valence-corrected chi connectivity index (χ0v) is 14.9. The van der Waals surface area contributed by atoms with Crippen LogP contribution in [0.15, 0.2) is 10.6 Å². The molecule has 6 heteroatoms. The average Bonchev–Trinajstić information content (AvgIpc) is 2.90. The Labute approximate surface area is 138 Å². The highest BCUT2D eigenvalue weighted by molar-refractivity contribution is 5.94. The van der Waals surface area contributed by atoms with Crippen molar-refractivity contribution in [3.8, 4) is 0 Å². The van der Waals surface area contributed by atoms with Crippen LogP contribution in [0.4, 0.5) is 5.82 Å². The standard InChI is InChI=1S/C17H29N3O3/c1-6-8-9-14(7-2)17(22)20(12(3)4)11-16(21)18-15-10-13(5)23-19-15/h10,12,14H,6-9,11H2,1-5H3,(H,18,19,21)/t14-/m0/s1. The quantitative estimate of drug-likeness (QED) is 0.756. The smallest absolute Gasteiger partial charge is 0.245 e. The minimum Gasteiger partial charge on any atom is -0.360 e. The van der Waals surface area contributed by atoms with E-state index in [0.717, 1.165) is 25.7 Å². The molecule has 0 saturated heterocycles. The second-order valence-corrected chi connectivity index (χ2v) is 6.18. The summed E-state index contributed by atoms with van der Waals surface area (Å²) in [5.74, 6) is 0.789. The minimum atomic E-state index is -0.259. The van der Waals surface area contributed by atoms with Crippen molar-refractivity contribution in [3.63, 3.8) is 0 Å². The Morgan fingerprint density at radius 2 is 2.04 bits per heavy atom. The lowest BCUT2D eigenvalue weighted by atomic mass is 9.97. The van der Waals surface area contributed by atoms with Crippen molar-refractivity contribution in [2.75, 3.05) is 11.9 Å². The van der Waals surface area contributed by atoms with E-state index in [2.05, 4.69) is 17.4 Å². The van der Waals surface area contributed by atoms with Crippen LogP contribution in [0, 0.1) is 12.8 Å². The highest BCUT2D eigenvalue weighted by Gasteiger charge is 2.26. The summed E-state index contributed by atoms with van der Waals surface area (Å²) in [6.07, 6.45) is 3.77. The van der Waals surface area contributed by atoms with E-state index in [1.54, 1.807) is 17.9 Å². The van der Waals surface area contributed by atoms with Gasteiger partial charge in [-0.15, -0.1) is 0 Å². The van der Waals surface area contributed by atoms with Gasteiger partial charge in [0.15, 0.2) is 5.82 Å². The van der Waals surface area contributed by atoms with Crippen LogP contribution < -0.4 is 5.32 Å². The lowest BCUT2D eigenvalue weighted by Gasteiger charge is -2.29. The van der Waals surface area contributed by atoms with E-state index in [9.17, 15) is 9.59 Å². The summed E-state index contributed by atoms with van der Waals surface area (Å²) in [4.78, 5) is 26.5. The van der Waals surface area contributed by atoms with Gasteiger partial charge in [-0.05, 0) is 33.6 Å². The molecule has 1 N–H and O–H groups in total. The summed E-state index contributed by atoms with van der Waals surface area (Å²) < 4.78 is 4.92. The first-order chi connectivity index (χ1) is 10.9. The van der Waals surface area contributed by atoms with Gasteiger partial charge < -0.3 is 14.7 Å². The third-order valence-corrected chi connectivity index (χ3v) is 3.86. The second kappa shape index (κ2) is 9.33. The van der Waals surface area contributed by atoms with Crippen LogP contribution in [0.5, 0.6) is 0 Å². The number of carbonyl (C=O) groups is 2. The minimum absolute atomic E-state index is 0.0144. The maximum atomic E-state index is 12.7. The molecular weight excluding hydrogens is 294 g/mol. The van der Waals surface area contributed by atoms with Gasteiger partial charge in [-0.1, -0.05) is 31.8 Å². The summed E-state index contributed by atoms with van der Waals surface area (Å²) in [6.45, 7) is 9.78. The SMILES string of the molecule is CCCC[C@H](CC)C(=O)N(CC(=O)Nc1cc(C)on1)C(C)C. The van der Waals surface area contributed by atoms with Crippen molar-refractivity contribution in [1.82, 2.24) is 10.1 Å². The maximum Gasteiger partial charge on any atom is 0.245 e. The number of rotatable bonds is 9.